The Bertz CT molecular complexity index is 890. The third kappa shape index (κ3) is 4.77. The lowest BCUT2D eigenvalue weighted by atomic mass is 10.1. The third-order valence-corrected chi connectivity index (χ3v) is 5.74. The van der Waals surface area contributed by atoms with Crippen molar-refractivity contribution >= 4 is 34.3 Å². The summed E-state index contributed by atoms with van der Waals surface area (Å²) in [5, 5.41) is 3.76. The monoisotopic (exact) mass is 383 g/mol. The maximum atomic E-state index is 5.16. The Labute approximate surface area is 162 Å². The highest BCUT2D eigenvalue weighted by atomic mass is 32.2. The molecule has 26 heavy (non-hydrogen) atoms. The lowest BCUT2D eigenvalue weighted by Crippen LogP contribution is -2.05. The highest BCUT2D eigenvalue weighted by molar-refractivity contribution is 8.17. The molecule has 4 nitrogen and oxygen atoms in total. The van der Waals surface area contributed by atoms with Crippen LogP contribution in [-0.2, 0) is 0 Å². The van der Waals surface area contributed by atoms with E-state index in [9.17, 15) is 0 Å². The molecule has 2 heterocycles. The van der Waals surface area contributed by atoms with Crippen LogP contribution in [0.3, 0.4) is 0 Å². The predicted molar refractivity (Wildman–Crippen MR) is 112 cm³/mol. The number of rotatable bonds is 4. The van der Waals surface area contributed by atoms with Crippen LogP contribution >= 0.6 is 23.5 Å². The first-order valence-electron chi connectivity index (χ1n) is 8.30. The highest BCUT2D eigenvalue weighted by Gasteiger charge is 2.18. The van der Waals surface area contributed by atoms with Crippen LogP contribution in [0.5, 0.6) is 5.88 Å². The van der Waals surface area contributed by atoms with Gasteiger partial charge in [0.1, 0.15) is 5.04 Å². The quantitative estimate of drug-likeness (QED) is 0.489. The number of aromatic nitrogens is 2. The Balaban J connectivity index is 1.87. The molecule has 134 valence electrons. The molecule has 3 rings (SSSR count). The molecular weight excluding hydrogens is 362 g/mol. The molecule has 1 aromatic heterocycles. The summed E-state index contributed by atoms with van der Waals surface area (Å²) in [5.41, 5.74) is 4.62. The zero-order valence-corrected chi connectivity index (χ0v) is 16.8. The van der Waals surface area contributed by atoms with E-state index in [1.165, 1.54) is 28.5 Å². The molecule has 0 saturated carbocycles. The molecule has 6 heteroatoms. The molecule has 0 bridgehead atoms. The Hall–Kier alpha value is -2.05. The van der Waals surface area contributed by atoms with Gasteiger partial charge in [-0.3, -0.25) is 0 Å². The van der Waals surface area contributed by atoms with Gasteiger partial charge in [-0.05, 0) is 54.2 Å². The molecule has 1 saturated heterocycles. The molecule has 0 N–H and O–H groups in total. The fourth-order valence-corrected chi connectivity index (χ4v) is 4.23. The van der Waals surface area contributed by atoms with E-state index in [1.807, 2.05) is 0 Å². The normalized spacial score (nSPS) is 17.7. The molecule has 0 unspecified atom stereocenters. The number of nitrogens with zero attached hydrogens (tertiary/aromatic N) is 3. The topological polar surface area (TPSA) is 47.4 Å². The van der Waals surface area contributed by atoms with Gasteiger partial charge in [-0.15, -0.1) is 0 Å². The fraction of sp³-hybridized carbons (Fsp3) is 0.250. The van der Waals surface area contributed by atoms with Gasteiger partial charge in [0, 0.05) is 12.3 Å². The Morgan fingerprint density at radius 2 is 2.12 bits per heavy atom. The Kier molecular flexibility index (Phi) is 6.16. The van der Waals surface area contributed by atoms with Gasteiger partial charge in [0.25, 0.3) is 0 Å². The molecule has 1 aliphatic rings. The van der Waals surface area contributed by atoms with E-state index < -0.39 is 0 Å². The minimum atomic E-state index is 0.566. The number of thioether (sulfide) groups is 2. The summed E-state index contributed by atoms with van der Waals surface area (Å²) >= 11 is 3.14. The zero-order chi connectivity index (χ0) is 18.5. The smallest absolute Gasteiger partial charge is 0.217 e. The molecule has 0 aliphatic carbocycles. The first kappa shape index (κ1) is 18.7. The molecule has 2 aromatic rings. The van der Waals surface area contributed by atoms with Crippen LogP contribution in [0.4, 0.5) is 5.69 Å². The summed E-state index contributed by atoms with van der Waals surface area (Å²) in [6, 6.07) is 8.07. The van der Waals surface area contributed by atoms with Gasteiger partial charge < -0.3 is 4.74 Å². The Morgan fingerprint density at radius 3 is 2.88 bits per heavy atom. The van der Waals surface area contributed by atoms with Gasteiger partial charge in [-0.25, -0.2) is 9.98 Å². The van der Waals surface area contributed by atoms with Crippen molar-refractivity contribution in [1.29, 1.82) is 0 Å². The maximum Gasteiger partial charge on any atom is 0.217 e. The van der Waals surface area contributed by atoms with Gasteiger partial charge in [0.15, 0.2) is 5.16 Å². The van der Waals surface area contributed by atoms with Gasteiger partial charge in [-0.2, -0.15) is 4.98 Å². The number of hydrogen-bond acceptors (Lipinski definition) is 6. The highest BCUT2D eigenvalue weighted by Crippen LogP contribution is 2.37. The lowest BCUT2D eigenvalue weighted by molar-refractivity contribution is 0.392. The molecule has 0 amide bonds. The molecule has 0 spiro atoms. The fourth-order valence-electron chi connectivity index (χ4n) is 2.50. The summed E-state index contributed by atoms with van der Waals surface area (Å²) < 4.78 is 5.16. The summed E-state index contributed by atoms with van der Waals surface area (Å²) in [7, 11) is 1.60. The Morgan fingerprint density at radius 1 is 1.27 bits per heavy atom. The number of allylic oxidation sites excluding steroid dienone is 1. The van der Waals surface area contributed by atoms with Crippen LogP contribution in [0.25, 0.3) is 0 Å². The van der Waals surface area contributed by atoms with E-state index in [0.717, 1.165) is 28.5 Å². The lowest BCUT2D eigenvalue weighted by Gasteiger charge is -2.18. The maximum absolute atomic E-state index is 5.16. The summed E-state index contributed by atoms with van der Waals surface area (Å²) in [6.07, 6.45) is 3.59. The second kappa shape index (κ2) is 8.56. The standard InChI is InChI=1S/C20H21N3OS2/c1-13-5-8-17(14(2)11-13)22-19-16(7-6-15(3)26-19)12-25-20-21-10-9-18(23-20)24-4/h5,8-12H,3,6-7H2,1-2,4H3/b16-12+,22-19?. The minimum absolute atomic E-state index is 0.566. The number of methoxy groups -OCH3 is 1. The van der Waals surface area contributed by atoms with Crippen LogP contribution in [0, 0.1) is 13.8 Å². The number of hydrogen-bond donors (Lipinski definition) is 0. The molecule has 0 atom stereocenters. The summed E-state index contributed by atoms with van der Waals surface area (Å²) in [6.45, 7) is 8.31. The van der Waals surface area contributed by atoms with Crippen molar-refractivity contribution in [3.05, 3.63) is 64.1 Å². The van der Waals surface area contributed by atoms with Crippen LogP contribution < -0.4 is 4.74 Å². The van der Waals surface area contributed by atoms with E-state index in [-0.39, 0.29) is 0 Å². The van der Waals surface area contributed by atoms with E-state index in [1.54, 1.807) is 31.1 Å². The average Bonchev–Trinajstić information content (AvgIpc) is 2.63. The van der Waals surface area contributed by atoms with Crippen LogP contribution in [0.1, 0.15) is 24.0 Å². The minimum Gasteiger partial charge on any atom is -0.481 e. The van der Waals surface area contributed by atoms with Crippen LogP contribution in [0.2, 0.25) is 0 Å². The van der Waals surface area contributed by atoms with E-state index in [2.05, 4.69) is 54.0 Å². The van der Waals surface area contributed by atoms with Crippen molar-refractivity contribution in [2.45, 2.75) is 31.8 Å². The van der Waals surface area contributed by atoms with Crippen molar-refractivity contribution < 1.29 is 4.74 Å². The predicted octanol–water partition coefficient (Wildman–Crippen LogP) is 5.85. The first-order valence-corrected chi connectivity index (χ1v) is 9.99. The van der Waals surface area contributed by atoms with E-state index in [0.29, 0.717) is 11.0 Å². The molecule has 1 fully saturated rings. The van der Waals surface area contributed by atoms with Crippen molar-refractivity contribution in [2.75, 3.05) is 7.11 Å². The van der Waals surface area contributed by atoms with Crippen molar-refractivity contribution in [2.24, 2.45) is 4.99 Å². The van der Waals surface area contributed by atoms with E-state index >= 15 is 0 Å². The SMILES string of the molecule is C=C1CC/C(=C\Sc2nccc(OC)n2)C(=Nc2ccc(C)cc2C)S1. The largest absolute Gasteiger partial charge is 0.481 e. The van der Waals surface area contributed by atoms with Gasteiger partial charge in [0.05, 0.1) is 12.8 Å². The van der Waals surface area contributed by atoms with Crippen molar-refractivity contribution in [3.8, 4) is 5.88 Å². The second-order valence-electron chi connectivity index (χ2n) is 5.99. The summed E-state index contributed by atoms with van der Waals surface area (Å²) in [5.74, 6) is 0.566. The van der Waals surface area contributed by atoms with Gasteiger partial charge >= 0.3 is 0 Å². The number of aryl methyl sites for hydroxylation is 2. The number of ether oxygens (including phenoxy) is 1. The molecule has 1 aliphatic heterocycles. The second-order valence-corrected chi connectivity index (χ2v) is 7.99. The average molecular weight is 384 g/mol. The van der Waals surface area contributed by atoms with Crippen molar-refractivity contribution in [3.63, 3.8) is 0 Å². The number of benzene rings is 1. The summed E-state index contributed by atoms with van der Waals surface area (Å²) in [4.78, 5) is 14.7. The van der Waals surface area contributed by atoms with Crippen LogP contribution in [-0.4, -0.2) is 22.1 Å². The zero-order valence-electron chi connectivity index (χ0n) is 15.2. The first-order chi connectivity index (χ1) is 12.5. The third-order valence-electron chi connectivity index (χ3n) is 3.89. The molecule has 0 radical (unpaired) electrons. The van der Waals surface area contributed by atoms with Gasteiger partial charge in [0.2, 0.25) is 5.88 Å². The van der Waals surface area contributed by atoms with E-state index in [4.69, 9.17) is 9.73 Å². The number of aliphatic imine (C=N–C) groups is 1. The van der Waals surface area contributed by atoms with Gasteiger partial charge in [-0.1, -0.05) is 47.8 Å². The molecule has 1 aromatic carbocycles. The molecular formula is C20H21N3OS2. The van der Waals surface area contributed by atoms with Crippen molar-refractivity contribution in [1.82, 2.24) is 9.97 Å². The van der Waals surface area contributed by atoms with Crippen LogP contribution in [0.15, 0.2) is 63.1 Å².